The summed E-state index contributed by atoms with van der Waals surface area (Å²) in [6.07, 6.45) is -0.394. The molecule has 1 heteroatoms. The Hall–Kier alpha value is -1.60. The van der Waals surface area contributed by atoms with Gasteiger partial charge in [0, 0.05) is 0 Å². The molecule has 0 bridgehead atoms. The summed E-state index contributed by atoms with van der Waals surface area (Å²) in [4.78, 5) is 0. The van der Waals surface area contributed by atoms with Crippen LogP contribution in [0.25, 0.3) is 11.1 Å². The lowest BCUT2D eigenvalue weighted by molar-refractivity contribution is 0.199. The van der Waals surface area contributed by atoms with Gasteiger partial charge in [-0.05, 0) is 23.6 Å². The normalized spacial score (nSPS) is 12.4. The Bertz CT molecular complexity index is 415. The van der Waals surface area contributed by atoms with Crippen molar-refractivity contribution in [1.29, 1.82) is 0 Å². The van der Waals surface area contributed by atoms with Crippen LogP contribution in [0.15, 0.2) is 54.6 Å². The highest BCUT2D eigenvalue weighted by Gasteiger charge is 2.00. The van der Waals surface area contributed by atoms with Gasteiger partial charge in [-0.3, -0.25) is 0 Å². The van der Waals surface area contributed by atoms with Gasteiger partial charge in [0.2, 0.25) is 0 Å². The lowest BCUT2D eigenvalue weighted by Crippen LogP contribution is -1.89. The van der Waals surface area contributed by atoms with Gasteiger partial charge in [-0.1, -0.05) is 54.6 Å². The van der Waals surface area contributed by atoms with E-state index in [-0.39, 0.29) is 0 Å². The number of hydrogen-bond acceptors (Lipinski definition) is 1. The highest BCUT2D eigenvalue weighted by molar-refractivity contribution is 5.63. The molecule has 0 heterocycles. The van der Waals surface area contributed by atoms with Gasteiger partial charge >= 0.3 is 0 Å². The summed E-state index contributed by atoms with van der Waals surface area (Å²) in [7, 11) is 0. The zero-order valence-electron chi connectivity index (χ0n) is 8.72. The van der Waals surface area contributed by atoms with Crippen molar-refractivity contribution >= 4 is 0 Å². The summed E-state index contributed by atoms with van der Waals surface area (Å²) < 4.78 is 0. The summed E-state index contributed by atoms with van der Waals surface area (Å²) in [6.45, 7) is 1.78. The molecular formula is C14H14O. The molecule has 1 N–H and O–H groups in total. The van der Waals surface area contributed by atoms with Crippen molar-refractivity contribution in [1.82, 2.24) is 0 Å². The Morgan fingerprint density at radius 2 is 1.33 bits per heavy atom. The molecule has 0 saturated carbocycles. The van der Waals surface area contributed by atoms with E-state index in [1.807, 2.05) is 42.5 Å². The summed E-state index contributed by atoms with van der Waals surface area (Å²) in [5.74, 6) is 0. The number of aliphatic hydroxyl groups excluding tert-OH is 1. The molecule has 0 aliphatic rings. The van der Waals surface area contributed by atoms with Crippen molar-refractivity contribution in [3.05, 3.63) is 60.2 Å². The van der Waals surface area contributed by atoms with Crippen LogP contribution in [0, 0.1) is 0 Å². The molecule has 0 amide bonds. The van der Waals surface area contributed by atoms with E-state index in [0.29, 0.717) is 0 Å². The molecule has 15 heavy (non-hydrogen) atoms. The highest BCUT2D eigenvalue weighted by Crippen LogP contribution is 2.21. The Kier molecular flexibility index (Phi) is 2.84. The minimum atomic E-state index is -0.394. The van der Waals surface area contributed by atoms with Crippen molar-refractivity contribution in [2.45, 2.75) is 13.0 Å². The van der Waals surface area contributed by atoms with Crippen molar-refractivity contribution in [2.24, 2.45) is 0 Å². The second-order valence-electron chi connectivity index (χ2n) is 3.66. The van der Waals surface area contributed by atoms with Crippen LogP contribution in [0.4, 0.5) is 0 Å². The molecule has 0 radical (unpaired) electrons. The average Bonchev–Trinajstić information content (AvgIpc) is 2.30. The molecule has 2 aromatic carbocycles. The molecular weight excluding hydrogens is 184 g/mol. The van der Waals surface area contributed by atoms with Crippen LogP contribution in [0.5, 0.6) is 0 Å². The average molecular weight is 198 g/mol. The number of hydrogen-bond donors (Lipinski definition) is 1. The topological polar surface area (TPSA) is 20.2 Å². The van der Waals surface area contributed by atoms with E-state index < -0.39 is 6.10 Å². The van der Waals surface area contributed by atoms with Crippen LogP contribution >= 0.6 is 0 Å². The van der Waals surface area contributed by atoms with E-state index >= 15 is 0 Å². The third-order valence-corrected chi connectivity index (χ3v) is 2.50. The molecule has 1 atom stereocenters. The Balaban J connectivity index is 2.32. The molecule has 0 unspecified atom stereocenters. The van der Waals surface area contributed by atoms with Crippen molar-refractivity contribution in [3.8, 4) is 11.1 Å². The van der Waals surface area contributed by atoms with E-state index in [0.717, 1.165) is 5.56 Å². The maximum atomic E-state index is 9.39. The molecule has 0 fully saturated rings. The van der Waals surface area contributed by atoms with Crippen LogP contribution in [0.1, 0.15) is 18.6 Å². The predicted molar refractivity (Wildman–Crippen MR) is 62.5 cm³/mol. The second-order valence-corrected chi connectivity index (χ2v) is 3.66. The van der Waals surface area contributed by atoms with Gasteiger partial charge in [-0.15, -0.1) is 0 Å². The smallest absolute Gasteiger partial charge is 0.0761 e. The van der Waals surface area contributed by atoms with Crippen molar-refractivity contribution in [3.63, 3.8) is 0 Å². The van der Waals surface area contributed by atoms with Gasteiger partial charge in [-0.25, -0.2) is 0 Å². The fourth-order valence-corrected chi connectivity index (χ4v) is 1.58. The molecule has 2 aromatic rings. The lowest BCUT2D eigenvalue weighted by atomic mass is 10.0. The zero-order chi connectivity index (χ0) is 10.7. The van der Waals surface area contributed by atoms with Gasteiger partial charge in [0.15, 0.2) is 0 Å². The van der Waals surface area contributed by atoms with Gasteiger partial charge in [0.25, 0.3) is 0 Å². The maximum Gasteiger partial charge on any atom is 0.0761 e. The van der Waals surface area contributed by atoms with E-state index in [2.05, 4.69) is 12.1 Å². The third-order valence-electron chi connectivity index (χ3n) is 2.50. The van der Waals surface area contributed by atoms with Crippen LogP contribution in [0.2, 0.25) is 0 Å². The summed E-state index contributed by atoms with van der Waals surface area (Å²) in [5.41, 5.74) is 3.34. The fraction of sp³-hybridized carbons (Fsp3) is 0.143. The summed E-state index contributed by atoms with van der Waals surface area (Å²) >= 11 is 0. The quantitative estimate of drug-likeness (QED) is 0.784. The lowest BCUT2D eigenvalue weighted by Gasteiger charge is -2.06. The number of rotatable bonds is 2. The molecule has 0 aromatic heterocycles. The first-order chi connectivity index (χ1) is 7.27. The van der Waals surface area contributed by atoms with Crippen LogP contribution in [0.3, 0.4) is 0 Å². The van der Waals surface area contributed by atoms with Crippen LogP contribution in [-0.2, 0) is 0 Å². The van der Waals surface area contributed by atoms with Crippen molar-refractivity contribution in [2.75, 3.05) is 0 Å². The van der Waals surface area contributed by atoms with E-state index in [9.17, 15) is 5.11 Å². The molecule has 0 spiro atoms. The van der Waals surface area contributed by atoms with E-state index in [1.54, 1.807) is 6.92 Å². The number of aliphatic hydroxyl groups is 1. The highest BCUT2D eigenvalue weighted by atomic mass is 16.3. The van der Waals surface area contributed by atoms with Crippen molar-refractivity contribution < 1.29 is 5.11 Å². The predicted octanol–water partition coefficient (Wildman–Crippen LogP) is 3.41. The third kappa shape index (κ3) is 2.25. The van der Waals surface area contributed by atoms with E-state index in [1.165, 1.54) is 11.1 Å². The molecule has 0 aliphatic heterocycles. The zero-order valence-corrected chi connectivity index (χ0v) is 8.72. The molecule has 76 valence electrons. The van der Waals surface area contributed by atoms with Crippen LogP contribution in [-0.4, -0.2) is 5.11 Å². The first-order valence-electron chi connectivity index (χ1n) is 5.11. The minimum absolute atomic E-state index is 0.394. The SMILES string of the molecule is C[C@H](O)c1ccc(-c2ccccc2)cc1. The number of benzene rings is 2. The first kappa shape index (κ1) is 9.94. The Morgan fingerprint density at radius 1 is 0.800 bits per heavy atom. The first-order valence-corrected chi connectivity index (χ1v) is 5.11. The maximum absolute atomic E-state index is 9.39. The van der Waals surface area contributed by atoms with Gasteiger partial charge < -0.3 is 5.11 Å². The van der Waals surface area contributed by atoms with Gasteiger partial charge in [0.1, 0.15) is 0 Å². The summed E-state index contributed by atoms with van der Waals surface area (Å²) in [6, 6.07) is 18.2. The van der Waals surface area contributed by atoms with Crippen LogP contribution < -0.4 is 0 Å². The van der Waals surface area contributed by atoms with Gasteiger partial charge in [-0.2, -0.15) is 0 Å². The standard InChI is InChI=1S/C14H14O/c1-11(15)12-7-9-14(10-8-12)13-5-3-2-4-6-13/h2-11,15H,1H3/t11-/m0/s1. The monoisotopic (exact) mass is 198 g/mol. The van der Waals surface area contributed by atoms with E-state index in [4.69, 9.17) is 0 Å². The fourth-order valence-electron chi connectivity index (χ4n) is 1.58. The minimum Gasteiger partial charge on any atom is -0.389 e. The van der Waals surface area contributed by atoms with Gasteiger partial charge in [0.05, 0.1) is 6.10 Å². The summed E-state index contributed by atoms with van der Waals surface area (Å²) in [5, 5.41) is 9.39. The molecule has 2 rings (SSSR count). The Morgan fingerprint density at radius 3 is 1.87 bits per heavy atom. The second kappa shape index (κ2) is 4.28. The Labute approximate surface area is 90.0 Å². The largest absolute Gasteiger partial charge is 0.389 e. The molecule has 0 saturated heterocycles. The molecule has 0 aliphatic carbocycles. The molecule has 1 nitrogen and oxygen atoms in total.